The van der Waals surface area contributed by atoms with Gasteiger partial charge >= 0.3 is 6.61 Å². The van der Waals surface area contributed by atoms with Crippen molar-refractivity contribution in [2.45, 2.75) is 31.8 Å². The van der Waals surface area contributed by atoms with E-state index < -0.39 is 6.61 Å². The zero-order chi connectivity index (χ0) is 13.5. The van der Waals surface area contributed by atoms with Crippen LogP contribution in [0.25, 0.3) is 0 Å². The quantitative estimate of drug-likeness (QED) is 0.820. The van der Waals surface area contributed by atoms with Crippen molar-refractivity contribution >= 4 is 11.8 Å². The second-order valence-corrected chi connectivity index (χ2v) is 5.37. The molecule has 1 aromatic carbocycles. The second kappa shape index (κ2) is 7.59. The number of alkyl halides is 2. The third-order valence-corrected chi connectivity index (χ3v) is 3.69. The van der Waals surface area contributed by atoms with Crippen LogP contribution >= 0.6 is 11.8 Å². The molecular weight excluding hydrogens is 256 g/mol. The van der Waals surface area contributed by atoms with Crippen LogP contribution in [0.15, 0.2) is 24.3 Å². The van der Waals surface area contributed by atoms with E-state index >= 15 is 0 Å². The number of thioether (sulfide) groups is 1. The van der Waals surface area contributed by atoms with Crippen LogP contribution < -0.4 is 10.1 Å². The van der Waals surface area contributed by atoms with E-state index in [1.54, 1.807) is 30.0 Å². The first-order valence-electron chi connectivity index (χ1n) is 5.84. The van der Waals surface area contributed by atoms with Crippen molar-refractivity contribution in [2.75, 3.05) is 12.8 Å². The summed E-state index contributed by atoms with van der Waals surface area (Å²) in [5.41, 5.74) is 0.756. The Kier molecular flexibility index (Phi) is 6.43. The molecule has 18 heavy (non-hydrogen) atoms. The molecule has 0 bridgehead atoms. The minimum Gasteiger partial charge on any atom is -0.434 e. The van der Waals surface area contributed by atoms with Gasteiger partial charge in [-0.1, -0.05) is 25.1 Å². The van der Waals surface area contributed by atoms with Gasteiger partial charge in [-0.3, -0.25) is 0 Å². The lowest BCUT2D eigenvalue weighted by Crippen LogP contribution is -2.26. The molecule has 0 aliphatic heterocycles. The lowest BCUT2D eigenvalue weighted by atomic mass is 10.1. The maximum atomic E-state index is 12.3. The van der Waals surface area contributed by atoms with Crippen LogP contribution in [0.3, 0.4) is 0 Å². The predicted molar refractivity (Wildman–Crippen MR) is 72.5 cm³/mol. The summed E-state index contributed by atoms with van der Waals surface area (Å²) in [6, 6.07) is 6.87. The molecular formula is C13H19F2NOS. The normalized spacial score (nSPS) is 14.6. The Bertz CT molecular complexity index is 363. The van der Waals surface area contributed by atoms with Crippen LogP contribution in [0.1, 0.15) is 25.5 Å². The molecule has 0 fully saturated rings. The molecule has 0 radical (unpaired) electrons. The van der Waals surface area contributed by atoms with Gasteiger partial charge in [0, 0.05) is 23.4 Å². The molecule has 2 nitrogen and oxygen atoms in total. The van der Waals surface area contributed by atoms with Gasteiger partial charge < -0.3 is 10.1 Å². The summed E-state index contributed by atoms with van der Waals surface area (Å²) in [5.74, 6) is 0.240. The average molecular weight is 275 g/mol. The summed E-state index contributed by atoms with van der Waals surface area (Å²) in [6.07, 6.45) is 2.05. The van der Waals surface area contributed by atoms with Gasteiger partial charge in [0.1, 0.15) is 5.75 Å². The molecule has 2 atom stereocenters. The minimum absolute atomic E-state index is 0.0189. The SMILES string of the molecule is CSC(C)CNC(C)c1ccccc1OC(F)F. The minimum atomic E-state index is -2.79. The molecule has 0 aromatic heterocycles. The zero-order valence-electron chi connectivity index (χ0n) is 10.8. The molecule has 0 saturated carbocycles. The van der Waals surface area contributed by atoms with Gasteiger partial charge in [0.15, 0.2) is 0 Å². The van der Waals surface area contributed by atoms with Crippen LogP contribution in [-0.4, -0.2) is 24.7 Å². The van der Waals surface area contributed by atoms with Gasteiger partial charge in [0.25, 0.3) is 0 Å². The summed E-state index contributed by atoms with van der Waals surface area (Å²) >= 11 is 1.76. The number of hydrogen-bond acceptors (Lipinski definition) is 3. The highest BCUT2D eigenvalue weighted by Gasteiger charge is 2.14. The van der Waals surface area contributed by atoms with E-state index in [9.17, 15) is 8.78 Å². The number of nitrogens with one attached hydrogen (secondary N) is 1. The molecule has 1 aromatic rings. The van der Waals surface area contributed by atoms with Gasteiger partial charge in [0.2, 0.25) is 0 Å². The molecule has 0 heterocycles. The van der Waals surface area contributed by atoms with Crippen molar-refractivity contribution < 1.29 is 13.5 Å². The molecule has 1 N–H and O–H groups in total. The standard InChI is InChI=1S/C13H19F2NOS/c1-9(18-3)8-16-10(2)11-6-4-5-7-12(11)17-13(14)15/h4-7,9-10,13,16H,8H2,1-3H3. The van der Waals surface area contributed by atoms with Crippen LogP contribution in [0, 0.1) is 0 Å². The van der Waals surface area contributed by atoms with Crippen molar-refractivity contribution in [1.29, 1.82) is 0 Å². The van der Waals surface area contributed by atoms with E-state index in [1.807, 2.05) is 19.2 Å². The molecule has 0 spiro atoms. The van der Waals surface area contributed by atoms with Crippen molar-refractivity contribution in [2.24, 2.45) is 0 Å². The topological polar surface area (TPSA) is 21.3 Å². The number of rotatable bonds is 7. The summed E-state index contributed by atoms with van der Waals surface area (Å²) in [5, 5.41) is 3.80. The summed E-state index contributed by atoms with van der Waals surface area (Å²) < 4.78 is 29.1. The van der Waals surface area contributed by atoms with Crippen molar-refractivity contribution in [3.8, 4) is 5.75 Å². The molecule has 2 unspecified atom stereocenters. The predicted octanol–water partition coefficient (Wildman–Crippen LogP) is 3.69. The van der Waals surface area contributed by atoms with Gasteiger partial charge in [-0.05, 0) is 19.2 Å². The Morgan fingerprint density at radius 1 is 1.28 bits per heavy atom. The Morgan fingerprint density at radius 3 is 2.56 bits per heavy atom. The molecule has 0 aliphatic carbocycles. The van der Waals surface area contributed by atoms with E-state index in [0.717, 1.165) is 12.1 Å². The van der Waals surface area contributed by atoms with E-state index in [4.69, 9.17) is 0 Å². The molecule has 0 saturated heterocycles. The fourth-order valence-electron chi connectivity index (χ4n) is 1.58. The van der Waals surface area contributed by atoms with E-state index in [-0.39, 0.29) is 11.8 Å². The van der Waals surface area contributed by atoms with E-state index in [0.29, 0.717) is 5.25 Å². The number of ether oxygens (including phenoxy) is 1. The van der Waals surface area contributed by atoms with Crippen molar-refractivity contribution in [1.82, 2.24) is 5.32 Å². The zero-order valence-corrected chi connectivity index (χ0v) is 11.6. The monoisotopic (exact) mass is 275 g/mol. The van der Waals surface area contributed by atoms with Crippen molar-refractivity contribution in [3.05, 3.63) is 29.8 Å². The van der Waals surface area contributed by atoms with Gasteiger partial charge in [0.05, 0.1) is 0 Å². The highest BCUT2D eigenvalue weighted by atomic mass is 32.2. The molecule has 102 valence electrons. The highest BCUT2D eigenvalue weighted by Crippen LogP contribution is 2.26. The van der Waals surface area contributed by atoms with Crippen LogP contribution in [0.4, 0.5) is 8.78 Å². The lowest BCUT2D eigenvalue weighted by molar-refractivity contribution is -0.0506. The summed E-state index contributed by atoms with van der Waals surface area (Å²) in [7, 11) is 0. The second-order valence-electron chi connectivity index (χ2n) is 4.09. The maximum Gasteiger partial charge on any atom is 0.387 e. The molecule has 0 amide bonds. The number of para-hydroxylation sites is 1. The first kappa shape index (κ1) is 15.2. The Morgan fingerprint density at radius 2 is 1.94 bits per heavy atom. The summed E-state index contributed by atoms with van der Waals surface area (Å²) in [6.45, 7) is 2.10. The largest absolute Gasteiger partial charge is 0.434 e. The van der Waals surface area contributed by atoms with Crippen molar-refractivity contribution in [3.63, 3.8) is 0 Å². The number of halogens is 2. The van der Waals surface area contributed by atoms with Gasteiger partial charge in [-0.2, -0.15) is 20.5 Å². The first-order valence-corrected chi connectivity index (χ1v) is 7.13. The Hall–Kier alpha value is -0.810. The molecule has 1 rings (SSSR count). The molecule has 5 heteroatoms. The first-order chi connectivity index (χ1) is 8.54. The highest BCUT2D eigenvalue weighted by molar-refractivity contribution is 7.99. The lowest BCUT2D eigenvalue weighted by Gasteiger charge is -2.19. The van der Waals surface area contributed by atoms with E-state index in [1.165, 1.54) is 0 Å². The fraction of sp³-hybridized carbons (Fsp3) is 0.538. The average Bonchev–Trinajstić information content (AvgIpc) is 2.35. The number of benzene rings is 1. The third kappa shape index (κ3) is 4.82. The maximum absolute atomic E-state index is 12.3. The molecule has 0 aliphatic rings. The van der Waals surface area contributed by atoms with Crippen LogP contribution in [0.5, 0.6) is 5.75 Å². The number of hydrogen-bond donors (Lipinski definition) is 1. The summed E-state index contributed by atoms with van der Waals surface area (Å²) in [4.78, 5) is 0. The van der Waals surface area contributed by atoms with Gasteiger partial charge in [-0.25, -0.2) is 0 Å². The van der Waals surface area contributed by atoms with Crippen LogP contribution in [0.2, 0.25) is 0 Å². The van der Waals surface area contributed by atoms with Crippen LogP contribution in [-0.2, 0) is 0 Å². The smallest absolute Gasteiger partial charge is 0.387 e. The Balaban J connectivity index is 2.69. The Labute approximate surface area is 111 Å². The third-order valence-electron chi connectivity index (χ3n) is 2.72. The fourth-order valence-corrected chi connectivity index (χ4v) is 1.84. The van der Waals surface area contributed by atoms with Gasteiger partial charge in [-0.15, -0.1) is 0 Å². The van der Waals surface area contributed by atoms with E-state index in [2.05, 4.69) is 17.0 Å².